The Bertz CT molecular complexity index is 1370. The SMILES string of the molecule is CC(=O)Nc1nc2c(s1)-c1c(c(-c3cccnc3)nn1-c1ccc(N3CCC(O)CC3)nc1)CC2. The Balaban J connectivity index is 1.44. The van der Waals surface area contributed by atoms with Gasteiger partial charge in [-0.25, -0.2) is 14.6 Å². The average molecular weight is 488 g/mol. The van der Waals surface area contributed by atoms with Crippen molar-refractivity contribution in [2.24, 2.45) is 0 Å². The molecule has 9 nitrogen and oxygen atoms in total. The van der Waals surface area contributed by atoms with Gasteiger partial charge in [-0.1, -0.05) is 11.3 Å². The second-order valence-corrected chi connectivity index (χ2v) is 9.90. The predicted molar refractivity (Wildman–Crippen MR) is 135 cm³/mol. The summed E-state index contributed by atoms with van der Waals surface area (Å²) in [6.45, 7) is 3.09. The van der Waals surface area contributed by atoms with Crippen LogP contribution in [0.2, 0.25) is 0 Å². The van der Waals surface area contributed by atoms with E-state index in [0.29, 0.717) is 5.13 Å². The average Bonchev–Trinajstić information content (AvgIpc) is 3.46. The van der Waals surface area contributed by atoms with Gasteiger partial charge in [-0.15, -0.1) is 0 Å². The third-order valence-corrected chi connectivity index (χ3v) is 7.51. The molecule has 35 heavy (non-hydrogen) atoms. The van der Waals surface area contributed by atoms with Gasteiger partial charge in [0.05, 0.1) is 39.9 Å². The Morgan fingerprint density at radius 3 is 2.74 bits per heavy atom. The number of rotatable bonds is 4. The third kappa shape index (κ3) is 4.08. The number of nitrogens with one attached hydrogen (secondary N) is 1. The topological polar surface area (TPSA) is 109 Å². The van der Waals surface area contributed by atoms with Gasteiger partial charge in [0.25, 0.3) is 0 Å². The van der Waals surface area contributed by atoms with Gasteiger partial charge in [0, 0.05) is 43.5 Å². The molecular weight excluding hydrogens is 462 g/mol. The van der Waals surface area contributed by atoms with E-state index in [9.17, 15) is 9.90 Å². The van der Waals surface area contributed by atoms with Gasteiger partial charge in [0.2, 0.25) is 5.91 Å². The summed E-state index contributed by atoms with van der Waals surface area (Å²) in [6, 6.07) is 8.00. The summed E-state index contributed by atoms with van der Waals surface area (Å²) >= 11 is 1.48. The minimum atomic E-state index is -0.219. The first-order valence-electron chi connectivity index (χ1n) is 11.8. The van der Waals surface area contributed by atoms with Crippen molar-refractivity contribution in [2.75, 3.05) is 23.3 Å². The number of aromatic nitrogens is 5. The van der Waals surface area contributed by atoms with E-state index >= 15 is 0 Å². The van der Waals surface area contributed by atoms with Gasteiger partial charge in [0.15, 0.2) is 5.13 Å². The van der Waals surface area contributed by atoms with Crippen LogP contribution in [0.3, 0.4) is 0 Å². The number of nitrogens with zero attached hydrogens (tertiary/aromatic N) is 6. The molecule has 0 atom stereocenters. The van der Waals surface area contributed by atoms with Gasteiger partial charge >= 0.3 is 0 Å². The van der Waals surface area contributed by atoms with E-state index in [1.165, 1.54) is 18.3 Å². The third-order valence-electron chi connectivity index (χ3n) is 6.49. The van der Waals surface area contributed by atoms with Gasteiger partial charge in [-0.2, -0.15) is 5.10 Å². The molecule has 2 N–H and O–H groups in total. The van der Waals surface area contributed by atoms with Crippen LogP contribution in [0.25, 0.3) is 27.5 Å². The van der Waals surface area contributed by atoms with Crippen molar-refractivity contribution in [3.63, 3.8) is 0 Å². The van der Waals surface area contributed by atoms with Crippen molar-refractivity contribution in [3.05, 3.63) is 54.1 Å². The van der Waals surface area contributed by atoms with Crippen LogP contribution in [0.4, 0.5) is 10.9 Å². The molecular formula is C25H25N7O2S. The monoisotopic (exact) mass is 487 g/mol. The molecule has 6 rings (SSSR count). The smallest absolute Gasteiger partial charge is 0.223 e. The molecule has 0 saturated carbocycles. The van der Waals surface area contributed by atoms with Gasteiger partial charge in [0.1, 0.15) is 5.82 Å². The fraction of sp³-hybridized carbons (Fsp3) is 0.320. The minimum Gasteiger partial charge on any atom is -0.393 e. The zero-order valence-electron chi connectivity index (χ0n) is 19.3. The van der Waals surface area contributed by atoms with E-state index in [2.05, 4.69) is 20.2 Å². The first kappa shape index (κ1) is 21.9. The summed E-state index contributed by atoms with van der Waals surface area (Å²) in [4.78, 5) is 28.6. The molecule has 4 aromatic rings. The molecule has 1 saturated heterocycles. The van der Waals surface area contributed by atoms with E-state index in [0.717, 1.165) is 83.4 Å². The summed E-state index contributed by atoms with van der Waals surface area (Å²) in [5, 5.41) is 18.3. The van der Waals surface area contributed by atoms with Gasteiger partial charge in [-0.05, 0) is 49.9 Å². The second-order valence-electron chi connectivity index (χ2n) is 8.90. The first-order valence-corrected chi connectivity index (χ1v) is 12.6. The minimum absolute atomic E-state index is 0.133. The zero-order chi connectivity index (χ0) is 23.9. The summed E-state index contributed by atoms with van der Waals surface area (Å²) in [7, 11) is 0. The Labute approximate surface area is 206 Å². The van der Waals surface area contributed by atoms with Gasteiger partial charge in [-0.3, -0.25) is 9.78 Å². The zero-order valence-corrected chi connectivity index (χ0v) is 20.1. The lowest BCUT2D eigenvalue weighted by Gasteiger charge is -2.30. The normalized spacial score (nSPS) is 15.5. The van der Waals surface area contributed by atoms with Crippen molar-refractivity contribution in [2.45, 2.75) is 38.7 Å². The highest BCUT2D eigenvalue weighted by atomic mass is 32.1. The maximum absolute atomic E-state index is 11.6. The van der Waals surface area contributed by atoms with Crippen molar-refractivity contribution in [1.29, 1.82) is 0 Å². The number of carbonyl (C=O) groups excluding carboxylic acids is 1. The molecule has 2 aliphatic rings. The predicted octanol–water partition coefficient (Wildman–Crippen LogP) is 3.47. The summed E-state index contributed by atoms with van der Waals surface area (Å²) in [5.74, 6) is 0.770. The molecule has 4 aromatic heterocycles. The van der Waals surface area contributed by atoms with Crippen molar-refractivity contribution >= 4 is 28.2 Å². The Hall–Kier alpha value is -3.63. The maximum atomic E-state index is 11.6. The van der Waals surface area contributed by atoms with E-state index in [-0.39, 0.29) is 12.0 Å². The lowest BCUT2D eigenvalue weighted by molar-refractivity contribution is -0.114. The van der Waals surface area contributed by atoms with Crippen LogP contribution in [0.1, 0.15) is 31.0 Å². The molecule has 178 valence electrons. The number of pyridine rings is 2. The van der Waals surface area contributed by atoms with Crippen LogP contribution in [-0.2, 0) is 17.6 Å². The molecule has 1 aliphatic carbocycles. The van der Waals surface area contributed by atoms with E-state index in [1.54, 1.807) is 6.20 Å². The molecule has 0 bridgehead atoms. The number of aryl methyl sites for hydroxylation is 1. The molecule has 10 heteroatoms. The number of carbonyl (C=O) groups is 1. The number of fused-ring (bicyclic) bond motifs is 3. The number of amides is 1. The van der Waals surface area contributed by atoms with Crippen LogP contribution < -0.4 is 10.2 Å². The summed E-state index contributed by atoms with van der Waals surface area (Å²) < 4.78 is 1.95. The fourth-order valence-electron chi connectivity index (χ4n) is 4.78. The molecule has 0 unspecified atom stereocenters. The molecule has 1 amide bonds. The Morgan fingerprint density at radius 2 is 2.03 bits per heavy atom. The van der Waals surface area contributed by atoms with E-state index < -0.39 is 0 Å². The number of aliphatic hydroxyl groups excluding tert-OH is 1. The van der Waals surface area contributed by atoms with Crippen molar-refractivity contribution in [3.8, 4) is 27.5 Å². The number of thiazole rings is 1. The van der Waals surface area contributed by atoms with Crippen LogP contribution in [0.5, 0.6) is 0 Å². The van der Waals surface area contributed by atoms with E-state index in [1.807, 2.05) is 41.3 Å². The lowest BCUT2D eigenvalue weighted by Crippen LogP contribution is -2.36. The van der Waals surface area contributed by atoms with Crippen LogP contribution in [0, 0.1) is 0 Å². The highest BCUT2D eigenvalue weighted by Gasteiger charge is 2.30. The van der Waals surface area contributed by atoms with Gasteiger partial charge < -0.3 is 15.3 Å². The van der Waals surface area contributed by atoms with Crippen molar-refractivity contribution in [1.82, 2.24) is 24.7 Å². The standard InChI is InChI=1S/C25H25N7O2S/c1-15(33)28-25-29-20-6-5-19-22(16-3-2-10-26-13-16)30-32(23(19)24(20)35-25)17-4-7-21(27-14-17)31-11-8-18(34)9-12-31/h2-4,7,10,13-14,18,34H,5-6,8-9,11-12H2,1H3,(H,28,29,33). The van der Waals surface area contributed by atoms with Crippen LogP contribution >= 0.6 is 11.3 Å². The fourth-order valence-corrected chi connectivity index (χ4v) is 5.90. The summed E-state index contributed by atoms with van der Waals surface area (Å²) in [6.07, 6.45) is 8.34. The molecule has 0 radical (unpaired) electrons. The quantitative estimate of drug-likeness (QED) is 0.454. The molecule has 0 aromatic carbocycles. The van der Waals surface area contributed by atoms with Crippen LogP contribution in [0.15, 0.2) is 42.9 Å². The highest BCUT2D eigenvalue weighted by molar-refractivity contribution is 7.19. The highest BCUT2D eigenvalue weighted by Crippen LogP contribution is 2.44. The largest absolute Gasteiger partial charge is 0.393 e. The van der Waals surface area contributed by atoms with E-state index in [4.69, 9.17) is 10.1 Å². The number of anilines is 2. The van der Waals surface area contributed by atoms with Crippen LogP contribution in [-0.4, -0.2) is 54.9 Å². The molecule has 5 heterocycles. The molecule has 1 fully saturated rings. The van der Waals surface area contributed by atoms with Crippen molar-refractivity contribution < 1.29 is 9.90 Å². The Morgan fingerprint density at radius 1 is 1.17 bits per heavy atom. The number of aliphatic hydroxyl groups is 1. The second kappa shape index (κ2) is 8.86. The summed E-state index contributed by atoms with van der Waals surface area (Å²) in [5.41, 5.74) is 5.85. The maximum Gasteiger partial charge on any atom is 0.223 e. The first-order chi connectivity index (χ1) is 17.1. The Kier molecular flexibility index (Phi) is 5.54. The lowest BCUT2D eigenvalue weighted by atomic mass is 9.95. The molecule has 1 aliphatic heterocycles. The number of piperidine rings is 1. The number of hydrogen-bond acceptors (Lipinski definition) is 8. The molecule has 0 spiro atoms. The number of hydrogen-bond donors (Lipinski definition) is 2.